The zero-order chi connectivity index (χ0) is 16.1. The maximum absolute atomic E-state index is 5.54. The summed E-state index contributed by atoms with van der Waals surface area (Å²) in [6, 6.07) is 9.01. The Morgan fingerprint density at radius 3 is 2.74 bits per heavy atom. The molecular formula is C19H27N3O. The number of benzene rings is 1. The van der Waals surface area contributed by atoms with Crippen LogP contribution in [0.5, 0.6) is 5.75 Å². The minimum absolute atomic E-state index is 0.655. The Bertz CT molecular complexity index is 617. The molecule has 1 aromatic heterocycles. The number of imidazole rings is 1. The second-order valence-electron chi connectivity index (χ2n) is 6.28. The van der Waals surface area contributed by atoms with Gasteiger partial charge in [0.15, 0.2) is 0 Å². The van der Waals surface area contributed by atoms with Crippen molar-refractivity contribution < 1.29 is 4.74 Å². The van der Waals surface area contributed by atoms with Crippen LogP contribution in [-0.4, -0.2) is 27.6 Å². The molecule has 1 saturated carbocycles. The molecule has 0 saturated heterocycles. The fraction of sp³-hybridized carbons (Fsp3) is 0.526. The summed E-state index contributed by atoms with van der Waals surface area (Å²) in [6.07, 6.45) is 9.26. The maximum Gasteiger partial charge on any atom is 0.123 e. The number of ether oxygens (including phenoxy) is 1. The van der Waals surface area contributed by atoms with E-state index in [9.17, 15) is 0 Å². The molecule has 1 aromatic carbocycles. The molecule has 0 spiro atoms. The second-order valence-corrected chi connectivity index (χ2v) is 6.28. The van der Waals surface area contributed by atoms with Crippen molar-refractivity contribution in [3.05, 3.63) is 48.0 Å². The van der Waals surface area contributed by atoms with Gasteiger partial charge >= 0.3 is 0 Å². The Kier molecular flexibility index (Phi) is 5.34. The molecule has 0 bridgehead atoms. The van der Waals surface area contributed by atoms with E-state index >= 15 is 0 Å². The zero-order valence-corrected chi connectivity index (χ0v) is 14.2. The van der Waals surface area contributed by atoms with Crippen LogP contribution in [0.1, 0.15) is 44.0 Å². The Labute approximate surface area is 139 Å². The summed E-state index contributed by atoms with van der Waals surface area (Å²) < 4.78 is 7.78. The lowest BCUT2D eigenvalue weighted by Gasteiger charge is -2.29. The molecule has 23 heavy (non-hydrogen) atoms. The number of para-hydroxylation sites is 1. The highest BCUT2D eigenvalue weighted by Crippen LogP contribution is 2.28. The predicted molar refractivity (Wildman–Crippen MR) is 92.4 cm³/mol. The normalized spacial score (nSPS) is 15.4. The smallest absolute Gasteiger partial charge is 0.123 e. The van der Waals surface area contributed by atoms with E-state index in [2.05, 4.69) is 45.8 Å². The van der Waals surface area contributed by atoms with Gasteiger partial charge in [-0.05, 0) is 25.8 Å². The third-order valence-corrected chi connectivity index (χ3v) is 4.89. The summed E-state index contributed by atoms with van der Waals surface area (Å²) in [5, 5.41) is 0. The lowest BCUT2D eigenvalue weighted by Crippen LogP contribution is -2.33. The van der Waals surface area contributed by atoms with Crippen molar-refractivity contribution in [1.82, 2.24) is 14.5 Å². The van der Waals surface area contributed by atoms with E-state index in [0.29, 0.717) is 6.04 Å². The molecule has 0 atom stereocenters. The summed E-state index contributed by atoms with van der Waals surface area (Å²) in [6.45, 7) is 4.97. The maximum atomic E-state index is 5.54. The molecule has 1 aliphatic rings. The van der Waals surface area contributed by atoms with Crippen LogP contribution in [0.4, 0.5) is 0 Å². The Morgan fingerprint density at radius 1 is 1.22 bits per heavy atom. The van der Waals surface area contributed by atoms with Crippen LogP contribution < -0.4 is 4.74 Å². The van der Waals surface area contributed by atoms with Crippen LogP contribution in [-0.2, 0) is 19.6 Å². The van der Waals surface area contributed by atoms with Crippen molar-refractivity contribution >= 4 is 0 Å². The summed E-state index contributed by atoms with van der Waals surface area (Å²) in [5.74, 6) is 2.14. The standard InChI is InChI=1S/C19H27N3O/c1-3-21-13-12-20-19(21)15-22(17-9-5-6-10-17)14-16-8-4-7-11-18(16)23-2/h4,7-8,11-13,17H,3,5-6,9-10,14-15H2,1-2H3. The Hall–Kier alpha value is -1.81. The number of aromatic nitrogens is 2. The number of nitrogens with zero attached hydrogens (tertiary/aromatic N) is 3. The predicted octanol–water partition coefficient (Wildman–Crippen LogP) is 3.86. The van der Waals surface area contributed by atoms with Crippen LogP contribution in [0.3, 0.4) is 0 Å². The van der Waals surface area contributed by atoms with Gasteiger partial charge in [-0.25, -0.2) is 4.98 Å². The molecule has 3 rings (SSSR count). The summed E-state index contributed by atoms with van der Waals surface area (Å²) in [4.78, 5) is 7.16. The second kappa shape index (κ2) is 7.64. The van der Waals surface area contributed by atoms with Crippen molar-refractivity contribution in [2.24, 2.45) is 0 Å². The molecule has 0 radical (unpaired) electrons. The van der Waals surface area contributed by atoms with E-state index in [1.165, 1.54) is 31.2 Å². The Balaban J connectivity index is 1.81. The monoisotopic (exact) mass is 313 g/mol. The van der Waals surface area contributed by atoms with Gasteiger partial charge in [-0.1, -0.05) is 31.0 Å². The van der Waals surface area contributed by atoms with Crippen LogP contribution in [0, 0.1) is 0 Å². The third-order valence-electron chi connectivity index (χ3n) is 4.89. The molecule has 124 valence electrons. The zero-order valence-electron chi connectivity index (χ0n) is 14.2. The van der Waals surface area contributed by atoms with Crippen LogP contribution in [0.25, 0.3) is 0 Å². The van der Waals surface area contributed by atoms with Crippen molar-refractivity contribution in [1.29, 1.82) is 0 Å². The molecule has 0 N–H and O–H groups in total. The largest absolute Gasteiger partial charge is 0.496 e. The SMILES string of the molecule is CCn1ccnc1CN(Cc1ccccc1OC)C1CCCC1. The van der Waals surface area contributed by atoms with Gasteiger partial charge in [-0.2, -0.15) is 0 Å². The molecule has 4 heteroatoms. The number of aryl methyl sites for hydroxylation is 1. The molecule has 1 heterocycles. The van der Waals surface area contributed by atoms with Crippen molar-refractivity contribution in [3.8, 4) is 5.75 Å². The molecular weight excluding hydrogens is 286 g/mol. The van der Waals surface area contributed by atoms with E-state index in [-0.39, 0.29) is 0 Å². The number of hydrogen-bond acceptors (Lipinski definition) is 3. The highest BCUT2D eigenvalue weighted by molar-refractivity contribution is 5.33. The fourth-order valence-corrected chi connectivity index (χ4v) is 3.60. The van der Waals surface area contributed by atoms with Gasteiger partial charge in [0, 0.05) is 37.1 Å². The van der Waals surface area contributed by atoms with Crippen LogP contribution in [0.2, 0.25) is 0 Å². The van der Waals surface area contributed by atoms with E-state index in [4.69, 9.17) is 4.74 Å². The molecule has 2 aromatic rings. The summed E-state index contributed by atoms with van der Waals surface area (Å²) in [7, 11) is 1.75. The fourth-order valence-electron chi connectivity index (χ4n) is 3.60. The van der Waals surface area contributed by atoms with Crippen molar-refractivity contribution in [2.45, 2.75) is 58.3 Å². The topological polar surface area (TPSA) is 30.3 Å². The quantitative estimate of drug-likeness (QED) is 0.777. The van der Waals surface area contributed by atoms with Gasteiger partial charge in [0.1, 0.15) is 11.6 Å². The average molecular weight is 313 g/mol. The molecule has 1 fully saturated rings. The highest BCUT2D eigenvalue weighted by Gasteiger charge is 2.24. The van der Waals surface area contributed by atoms with Crippen molar-refractivity contribution in [3.63, 3.8) is 0 Å². The van der Waals surface area contributed by atoms with Gasteiger partial charge in [0.05, 0.1) is 13.7 Å². The minimum atomic E-state index is 0.655. The average Bonchev–Trinajstić information content (AvgIpc) is 3.26. The van der Waals surface area contributed by atoms with Gasteiger partial charge < -0.3 is 9.30 Å². The summed E-state index contributed by atoms with van der Waals surface area (Å²) in [5.41, 5.74) is 1.26. The first-order chi connectivity index (χ1) is 11.3. The van der Waals surface area contributed by atoms with E-state index in [1.807, 2.05) is 12.3 Å². The minimum Gasteiger partial charge on any atom is -0.496 e. The molecule has 0 aliphatic heterocycles. The molecule has 0 amide bonds. The van der Waals surface area contributed by atoms with Gasteiger partial charge in [0.2, 0.25) is 0 Å². The first-order valence-corrected chi connectivity index (χ1v) is 8.67. The first-order valence-electron chi connectivity index (χ1n) is 8.67. The summed E-state index contributed by atoms with van der Waals surface area (Å²) >= 11 is 0. The molecule has 1 aliphatic carbocycles. The molecule has 0 unspecified atom stereocenters. The van der Waals surface area contributed by atoms with Crippen LogP contribution >= 0.6 is 0 Å². The van der Waals surface area contributed by atoms with Gasteiger partial charge in [-0.15, -0.1) is 0 Å². The lowest BCUT2D eigenvalue weighted by atomic mass is 10.1. The van der Waals surface area contributed by atoms with Gasteiger partial charge in [0.25, 0.3) is 0 Å². The Morgan fingerprint density at radius 2 is 2.00 bits per heavy atom. The number of methoxy groups -OCH3 is 1. The third kappa shape index (κ3) is 3.75. The number of rotatable bonds is 7. The van der Waals surface area contributed by atoms with Gasteiger partial charge in [-0.3, -0.25) is 4.90 Å². The van der Waals surface area contributed by atoms with Crippen LogP contribution in [0.15, 0.2) is 36.7 Å². The highest BCUT2D eigenvalue weighted by atomic mass is 16.5. The first kappa shape index (κ1) is 16.1. The van der Waals surface area contributed by atoms with E-state index in [1.54, 1.807) is 7.11 Å². The number of hydrogen-bond donors (Lipinski definition) is 0. The molecule has 4 nitrogen and oxygen atoms in total. The van der Waals surface area contributed by atoms with E-state index < -0.39 is 0 Å². The lowest BCUT2D eigenvalue weighted by molar-refractivity contribution is 0.172. The van der Waals surface area contributed by atoms with Crippen molar-refractivity contribution in [2.75, 3.05) is 7.11 Å². The van der Waals surface area contributed by atoms with E-state index in [0.717, 1.165) is 31.2 Å².